The number of aromatic hydroxyl groups is 1. The summed E-state index contributed by atoms with van der Waals surface area (Å²) < 4.78 is -1.18. The molecule has 0 saturated carbocycles. The molecule has 0 bridgehead atoms. The Bertz CT molecular complexity index is 2260. The molecule has 2 aliphatic rings. The highest BCUT2D eigenvalue weighted by atomic mass is 33.1. The molecule has 2 heterocycles. The first-order valence-corrected chi connectivity index (χ1v) is 27.3. The quantitative estimate of drug-likeness (QED) is 0.0798. The molecular weight excluding hydrogens is 1010 g/mol. The molecule has 16 N–H and O–H groups in total. The van der Waals surface area contributed by atoms with E-state index in [-0.39, 0.29) is 36.7 Å². The first-order chi connectivity index (χ1) is 34.9. The average molecular weight is 1090 g/mol. The van der Waals surface area contributed by atoms with Crippen LogP contribution < -0.4 is 60.2 Å². The number of benzene rings is 1. The summed E-state index contributed by atoms with van der Waals surface area (Å²) in [6.45, 7) is 15.4. The fraction of sp³-hybridized carbons (Fsp3) is 0.653. The van der Waals surface area contributed by atoms with Gasteiger partial charge in [-0.25, -0.2) is 0 Å². The highest BCUT2D eigenvalue weighted by Gasteiger charge is 2.49. The molecule has 0 radical (unpaired) electrons. The summed E-state index contributed by atoms with van der Waals surface area (Å²) >= 11 is 0. The summed E-state index contributed by atoms with van der Waals surface area (Å²) in [7, 11) is 2.09. The summed E-state index contributed by atoms with van der Waals surface area (Å²) in [5.41, 5.74) is 22.8. The van der Waals surface area contributed by atoms with Crippen molar-refractivity contribution in [2.75, 3.05) is 12.3 Å². The molecule has 24 nitrogen and oxygen atoms in total. The summed E-state index contributed by atoms with van der Waals surface area (Å²) in [4.78, 5) is 152. The van der Waals surface area contributed by atoms with Gasteiger partial charge in [0.2, 0.25) is 65.0 Å². The molecule has 0 spiro atoms. The van der Waals surface area contributed by atoms with Crippen LogP contribution in [-0.2, 0) is 59.2 Å². The third-order valence-electron chi connectivity index (χ3n) is 13.0. The van der Waals surface area contributed by atoms with Gasteiger partial charge in [-0.1, -0.05) is 88.6 Å². The standard InChI is InChI=1S/C49H78N12O12S2/c1-10-25(4)38-45(71)55-28(15-18-35(50)63)41(67)56-31(21-36(51)64)42(68)59-32(23-74-75-49(8,9)39(53)46(72)58-30(43(69)60-38)20-26-11-13-27(62)14-12-26)47(73)61-33(16-17-34(61)48(5,6)7)44(70)57-29(19-24(2)3)40(66)54-22-37(52)65/h11-14,24-25,28-34,38-39,62H,10,15-23,53H2,1-9H3,(H2,50,63)(H2,51,64)(H2,52,65)(H,54,66)(H,55,71)(H,56,67)(H,57,70)(H,58,72)(H,59,68)(H,60,69)/t25-,28?,29-,30-,31-,32-,33-,34+,38-,39-/m0/s1. The first kappa shape index (κ1) is 63.1. The molecule has 3 rings (SSSR count). The van der Waals surface area contributed by atoms with Crippen molar-refractivity contribution in [3.8, 4) is 5.75 Å². The van der Waals surface area contributed by atoms with E-state index in [1.807, 2.05) is 34.6 Å². The first-order valence-electron chi connectivity index (χ1n) is 25.0. The van der Waals surface area contributed by atoms with E-state index < -0.39 is 161 Å². The van der Waals surface area contributed by atoms with Gasteiger partial charge in [0.15, 0.2) is 0 Å². The van der Waals surface area contributed by atoms with Crippen LogP contribution in [0.5, 0.6) is 5.75 Å². The highest BCUT2D eigenvalue weighted by molar-refractivity contribution is 8.77. The molecule has 1 unspecified atom stereocenters. The van der Waals surface area contributed by atoms with Crippen LogP contribution in [0.3, 0.4) is 0 Å². The zero-order valence-electron chi connectivity index (χ0n) is 44.2. The van der Waals surface area contributed by atoms with E-state index in [0.717, 1.165) is 21.6 Å². The van der Waals surface area contributed by atoms with Crippen molar-refractivity contribution < 1.29 is 57.8 Å². The van der Waals surface area contributed by atoms with Gasteiger partial charge in [-0.3, -0.25) is 52.7 Å². The Labute approximate surface area is 445 Å². The Kier molecular flexibility index (Phi) is 23.7. The summed E-state index contributed by atoms with van der Waals surface area (Å²) in [5.74, 6) is -10.4. The number of nitrogens with zero attached hydrogens (tertiary/aromatic N) is 1. The van der Waals surface area contributed by atoms with Gasteiger partial charge in [0.05, 0.1) is 19.0 Å². The number of nitrogens with two attached hydrogens (primary N) is 4. The second-order valence-corrected chi connectivity index (χ2v) is 24.2. The number of carbonyl (C=O) groups excluding carboxylic acids is 11. The highest BCUT2D eigenvalue weighted by Crippen LogP contribution is 2.40. The molecule has 0 aliphatic carbocycles. The van der Waals surface area contributed by atoms with Crippen molar-refractivity contribution in [3.63, 3.8) is 0 Å². The SMILES string of the molecule is CC[C@H](C)[C@@H]1NC(=O)[C@H](Cc2ccc(O)cc2)NC(=O)[C@H](N)C(C)(C)SSC[C@@H](C(=O)N2[C@H](C(=O)N[C@@H](CC(C)C)C(=O)NCC(N)=O)CC[C@@H]2C(C)(C)C)NC(=O)[C@H](CC(N)=O)NC(=O)C(CCC(N)=O)NC1=O. The van der Waals surface area contributed by atoms with Crippen LogP contribution in [0.1, 0.15) is 113 Å². The molecule has 11 amide bonds. The van der Waals surface area contributed by atoms with E-state index >= 15 is 4.79 Å². The predicted molar refractivity (Wildman–Crippen MR) is 282 cm³/mol. The number of rotatable bonds is 17. The number of amides is 11. The van der Waals surface area contributed by atoms with Gasteiger partial charge >= 0.3 is 0 Å². The van der Waals surface area contributed by atoms with E-state index in [1.165, 1.54) is 17.0 Å². The van der Waals surface area contributed by atoms with Gasteiger partial charge in [0.25, 0.3) is 0 Å². The number of hydrogen-bond acceptors (Lipinski definition) is 15. The van der Waals surface area contributed by atoms with Gasteiger partial charge in [-0.2, -0.15) is 0 Å². The van der Waals surface area contributed by atoms with Crippen molar-refractivity contribution >= 4 is 86.6 Å². The maximum Gasteiger partial charge on any atom is 0.246 e. The number of carbonyl (C=O) groups is 11. The monoisotopic (exact) mass is 1090 g/mol. The number of phenolic OH excluding ortho intramolecular Hbond substituents is 1. The van der Waals surface area contributed by atoms with Crippen LogP contribution in [0.25, 0.3) is 0 Å². The number of nitrogens with one attached hydrogen (secondary N) is 7. The lowest BCUT2D eigenvalue weighted by molar-refractivity contribution is -0.145. The van der Waals surface area contributed by atoms with E-state index in [0.29, 0.717) is 18.4 Å². The van der Waals surface area contributed by atoms with Crippen molar-refractivity contribution in [1.82, 2.24) is 42.1 Å². The molecular formula is C49H78N12O12S2. The van der Waals surface area contributed by atoms with Crippen molar-refractivity contribution in [2.24, 2.45) is 40.2 Å². The van der Waals surface area contributed by atoms with E-state index in [1.54, 1.807) is 39.8 Å². The zero-order valence-corrected chi connectivity index (χ0v) is 45.9. The topological polar surface area (TPSA) is 400 Å². The number of primary amides is 3. The second kappa shape index (κ2) is 28.1. The molecule has 418 valence electrons. The molecule has 2 aliphatic heterocycles. The summed E-state index contributed by atoms with van der Waals surface area (Å²) in [6.07, 6.45) is -0.835. The third-order valence-corrected chi connectivity index (χ3v) is 16.3. The van der Waals surface area contributed by atoms with Crippen LogP contribution in [0.15, 0.2) is 24.3 Å². The molecule has 26 heteroatoms. The Balaban J connectivity index is 2.22. The molecule has 1 aromatic rings. The summed E-state index contributed by atoms with van der Waals surface area (Å²) in [5, 5.41) is 28.2. The minimum absolute atomic E-state index is 0.0507. The number of likely N-dealkylation sites (tertiary alicyclic amines) is 1. The van der Waals surface area contributed by atoms with E-state index in [2.05, 4.69) is 37.2 Å². The van der Waals surface area contributed by atoms with E-state index in [4.69, 9.17) is 22.9 Å². The van der Waals surface area contributed by atoms with E-state index in [9.17, 15) is 53.1 Å². The Morgan fingerprint density at radius 3 is 1.95 bits per heavy atom. The predicted octanol–water partition coefficient (Wildman–Crippen LogP) is -1.42. The van der Waals surface area contributed by atoms with Crippen LogP contribution >= 0.6 is 21.6 Å². The normalized spacial score (nSPS) is 25.3. The van der Waals surface area contributed by atoms with Crippen LogP contribution in [0.2, 0.25) is 0 Å². The van der Waals surface area contributed by atoms with Gasteiger partial charge < -0.3 is 70.2 Å². The lowest BCUT2D eigenvalue weighted by Gasteiger charge is -2.40. The number of hydrogen-bond donors (Lipinski definition) is 12. The minimum Gasteiger partial charge on any atom is -0.508 e. The van der Waals surface area contributed by atoms with Crippen LogP contribution in [0, 0.1) is 17.3 Å². The average Bonchev–Trinajstić information content (AvgIpc) is 3.78. The fourth-order valence-corrected chi connectivity index (χ4v) is 11.3. The molecule has 75 heavy (non-hydrogen) atoms. The van der Waals surface area contributed by atoms with Crippen molar-refractivity contribution in [3.05, 3.63) is 29.8 Å². The maximum atomic E-state index is 15.3. The minimum atomic E-state index is -1.78. The number of phenols is 1. The van der Waals surface area contributed by atoms with Crippen LogP contribution in [0.4, 0.5) is 0 Å². The smallest absolute Gasteiger partial charge is 0.246 e. The second-order valence-electron chi connectivity index (χ2n) is 21.2. The van der Waals surface area contributed by atoms with Gasteiger partial charge in [0.1, 0.15) is 48.0 Å². The Morgan fingerprint density at radius 1 is 0.800 bits per heavy atom. The molecule has 2 saturated heterocycles. The largest absolute Gasteiger partial charge is 0.508 e. The third kappa shape index (κ3) is 19.2. The lowest BCUT2D eigenvalue weighted by Crippen LogP contribution is -2.63. The maximum absolute atomic E-state index is 15.3. The molecule has 2 fully saturated rings. The summed E-state index contributed by atoms with van der Waals surface area (Å²) in [6, 6.07) is -6.02. The molecule has 1 aromatic carbocycles. The molecule has 0 aromatic heterocycles. The van der Waals surface area contributed by atoms with Gasteiger partial charge in [0, 0.05) is 29.4 Å². The Hall–Kier alpha value is -6.15. The lowest BCUT2D eigenvalue weighted by atomic mass is 9.85. The van der Waals surface area contributed by atoms with Gasteiger partial charge in [-0.05, 0) is 74.5 Å². The van der Waals surface area contributed by atoms with Crippen molar-refractivity contribution in [2.45, 2.75) is 173 Å². The molecule has 10 atom stereocenters. The van der Waals surface area contributed by atoms with Gasteiger partial charge in [-0.15, -0.1) is 0 Å². The zero-order chi connectivity index (χ0) is 56.7. The Morgan fingerprint density at radius 2 is 1.39 bits per heavy atom. The van der Waals surface area contributed by atoms with Crippen LogP contribution in [-0.4, -0.2) is 146 Å². The fourth-order valence-electron chi connectivity index (χ4n) is 8.54. The van der Waals surface area contributed by atoms with Crippen molar-refractivity contribution in [1.29, 1.82) is 0 Å².